The van der Waals surface area contributed by atoms with Crippen LogP contribution in [-0.2, 0) is 9.84 Å². The molecule has 0 saturated heterocycles. The fourth-order valence-electron chi connectivity index (χ4n) is 5.31. The Kier molecular flexibility index (Phi) is 12.8. The van der Waals surface area contributed by atoms with Crippen LogP contribution in [0.4, 0.5) is 0 Å². The predicted octanol–water partition coefficient (Wildman–Crippen LogP) is 5.38. The second-order valence-electron chi connectivity index (χ2n) is 11.3. The summed E-state index contributed by atoms with van der Waals surface area (Å²) in [5.74, 6) is -13.8. The Morgan fingerprint density at radius 2 is 0.576 bits per heavy atom. The molecule has 0 heterocycles. The molecule has 0 aromatic heterocycles. The first-order valence-corrected chi connectivity index (χ1v) is 17.3. The van der Waals surface area contributed by atoms with E-state index >= 15 is 0 Å². The Morgan fingerprint density at radius 1 is 0.322 bits per heavy atom. The van der Waals surface area contributed by atoms with Crippen molar-refractivity contribution in [3.8, 4) is 23.0 Å². The van der Waals surface area contributed by atoms with Gasteiger partial charge in [0.25, 0.3) is 0 Å². The Balaban J connectivity index is 0.000000265. The number of benzene rings is 5. The van der Waals surface area contributed by atoms with Crippen LogP contribution in [0.5, 0.6) is 23.0 Å². The SMILES string of the molecule is O=C(O)c1cccc(Oc2ccccc2Oc2cccc(C(=O)O)c2C(=O)O)c1C(=O)O.O=C(O)c1cccc(S(=O)(=O)c2cccc(C(=O)O)c2C(=O)O)c1C(=O)O. The Bertz CT molecular complexity index is 2540. The lowest BCUT2D eigenvalue weighted by Gasteiger charge is -2.16. The fraction of sp³-hybridized carbons (Fsp3) is 0. The minimum Gasteiger partial charge on any atom is -0.478 e. The van der Waals surface area contributed by atoms with Gasteiger partial charge in [-0.1, -0.05) is 36.4 Å². The topological polar surface area (TPSA) is 351 Å². The highest BCUT2D eigenvalue weighted by atomic mass is 32.2. The van der Waals surface area contributed by atoms with Crippen LogP contribution in [0.25, 0.3) is 0 Å². The van der Waals surface area contributed by atoms with Gasteiger partial charge in [0.1, 0.15) is 22.6 Å². The highest BCUT2D eigenvalue weighted by Gasteiger charge is 2.34. The largest absolute Gasteiger partial charge is 0.478 e. The van der Waals surface area contributed by atoms with Crippen molar-refractivity contribution < 1.29 is 97.1 Å². The van der Waals surface area contributed by atoms with Crippen LogP contribution in [-0.4, -0.2) is 97.0 Å². The van der Waals surface area contributed by atoms with Crippen molar-refractivity contribution in [1.29, 1.82) is 0 Å². The molecule has 0 spiro atoms. The average Bonchev–Trinajstić information content (AvgIpc) is 3.17. The second kappa shape index (κ2) is 17.5. The highest BCUT2D eigenvalue weighted by molar-refractivity contribution is 7.91. The molecule has 0 amide bonds. The van der Waals surface area contributed by atoms with Gasteiger partial charge in [0.05, 0.1) is 43.2 Å². The van der Waals surface area contributed by atoms with E-state index in [1.165, 1.54) is 48.5 Å². The molecule has 0 atom stereocenters. The van der Waals surface area contributed by atoms with Gasteiger partial charge in [0.2, 0.25) is 9.84 Å². The summed E-state index contributed by atoms with van der Waals surface area (Å²) < 4.78 is 37.1. The summed E-state index contributed by atoms with van der Waals surface area (Å²) in [6.07, 6.45) is 0. The number of rotatable bonds is 14. The van der Waals surface area contributed by atoms with E-state index < -0.39 is 112 Å². The number of para-hydroxylation sites is 2. The highest BCUT2D eigenvalue weighted by Crippen LogP contribution is 2.38. The van der Waals surface area contributed by atoms with Gasteiger partial charge in [-0.3, -0.25) is 0 Å². The lowest BCUT2D eigenvalue weighted by atomic mass is 10.1. The van der Waals surface area contributed by atoms with Crippen molar-refractivity contribution in [3.05, 3.63) is 142 Å². The maximum absolute atomic E-state index is 12.9. The van der Waals surface area contributed by atoms with Crippen molar-refractivity contribution in [1.82, 2.24) is 0 Å². The van der Waals surface area contributed by atoms with E-state index in [0.717, 1.165) is 48.5 Å². The first-order chi connectivity index (χ1) is 27.7. The normalized spacial score (nSPS) is 10.6. The Labute approximate surface area is 328 Å². The third-order valence-electron chi connectivity index (χ3n) is 7.75. The maximum atomic E-state index is 12.9. The zero-order valence-corrected chi connectivity index (χ0v) is 29.9. The molecule has 20 nitrogen and oxygen atoms in total. The maximum Gasteiger partial charge on any atom is 0.340 e. The van der Waals surface area contributed by atoms with E-state index in [4.69, 9.17) is 19.7 Å². The minimum atomic E-state index is -4.89. The second-order valence-corrected chi connectivity index (χ2v) is 13.2. The molecule has 302 valence electrons. The molecule has 0 aliphatic carbocycles. The van der Waals surface area contributed by atoms with Crippen molar-refractivity contribution in [3.63, 3.8) is 0 Å². The molecule has 0 unspecified atom stereocenters. The minimum absolute atomic E-state index is 0.0606. The number of carboxylic acids is 8. The summed E-state index contributed by atoms with van der Waals surface area (Å²) >= 11 is 0. The molecule has 5 rings (SSSR count). The van der Waals surface area contributed by atoms with Crippen LogP contribution < -0.4 is 9.47 Å². The lowest BCUT2D eigenvalue weighted by molar-refractivity contribution is 0.0647. The zero-order chi connectivity index (χ0) is 43.9. The Morgan fingerprint density at radius 3 is 0.847 bits per heavy atom. The molecule has 21 heteroatoms. The van der Waals surface area contributed by atoms with Crippen LogP contribution in [0, 0.1) is 0 Å². The lowest BCUT2D eigenvalue weighted by Crippen LogP contribution is -2.18. The van der Waals surface area contributed by atoms with Crippen LogP contribution >= 0.6 is 0 Å². The van der Waals surface area contributed by atoms with Gasteiger partial charge < -0.3 is 50.3 Å². The van der Waals surface area contributed by atoms with Gasteiger partial charge >= 0.3 is 47.8 Å². The quantitative estimate of drug-likeness (QED) is 0.0696. The van der Waals surface area contributed by atoms with Gasteiger partial charge in [0, 0.05) is 0 Å². The molecule has 0 saturated carbocycles. The van der Waals surface area contributed by atoms with Crippen LogP contribution in [0.15, 0.2) is 107 Å². The van der Waals surface area contributed by atoms with Crippen molar-refractivity contribution in [2.45, 2.75) is 9.79 Å². The molecule has 5 aromatic rings. The van der Waals surface area contributed by atoms with Crippen LogP contribution in [0.3, 0.4) is 0 Å². The van der Waals surface area contributed by atoms with Gasteiger partial charge in [0.15, 0.2) is 11.5 Å². The summed E-state index contributed by atoms with van der Waals surface area (Å²) in [7, 11) is -4.89. The number of hydrogen-bond donors (Lipinski definition) is 8. The molecule has 0 bridgehead atoms. The molecule has 0 fully saturated rings. The van der Waals surface area contributed by atoms with E-state index in [1.807, 2.05) is 0 Å². The summed E-state index contributed by atoms with van der Waals surface area (Å²) in [5.41, 5.74) is -5.94. The smallest absolute Gasteiger partial charge is 0.340 e. The first kappa shape index (κ1) is 43.1. The summed E-state index contributed by atoms with van der Waals surface area (Å²) in [6, 6.07) is 18.4. The van der Waals surface area contributed by atoms with E-state index in [9.17, 15) is 77.4 Å². The van der Waals surface area contributed by atoms with Crippen molar-refractivity contribution in [2.24, 2.45) is 0 Å². The molecule has 8 N–H and O–H groups in total. The van der Waals surface area contributed by atoms with Gasteiger partial charge in [-0.15, -0.1) is 0 Å². The van der Waals surface area contributed by atoms with E-state index in [2.05, 4.69) is 0 Å². The van der Waals surface area contributed by atoms with Crippen molar-refractivity contribution >= 4 is 57.6 Å². The summed E-state index contributed by atoms with van der Waals surface area (Å²) in [6.45, 7) is 0. The average molecular weight is 833 g/mol. The number of carboxylic acid groups (broad SMARTS) is 8. The van der Waals surface area contributed by atoms with Crippen molar-refractivity contribution in [2.75, 3.05) is 0 Å². The molecule has 0 aliphatic rings. The summed E-state index contributed by atoms with van der Waals surface area (Å²) in [5, 5.41) is 74.2. The molecule has 0 radical (unpaired) electrons. The molecule has 59 heavy (non-hydrogen) atoms. The summed E-state index contributed by atoms with van der Waals surface area (Å²) in [4.78, 5) is 89.5. The number of hydrogen-bond acceptors (Lipinski definition) is 12. The van der Waals surface area contributed by atoms with E-state index in [0.29, 0.717) is 0 Å². The molecule has 5 aromatic carbocycles. The first-order valence-electron chi connectivity index (χ1n) is 15.8. The predicted molar refractivity (Wildman–Crippen MR) is 193 cm³/mol. The van der Waals surface area contributed by atoms with Crippen LogP contribution in [0.2, 0.25) is 0 Å². The number of carbonyl (C=O) groups is 8. The van der Waals surface area contributed by atoms with E-state index in [-0.39, 0.29) is 23.0 Å². The zero-order valence-electron chi connectivity index (χ0n) is 29.1. The standard InChI is InChI=1S/C22H14O10.C16H10O10S/c23-19(24)11-5-3-9-15(17(11)21(27)28)31-13-7-1-2-8-14(13)32-16-10-4-6-12(20(25)26)18(16)22(29)30;17-13(18)7-3-1-5-9(11(7)15(21)22)27(25,26)10-6-2-4-8(14(19)20)12(10)16(23)24/h1-10H,(H,23,24)(H,25,26)(H,27,28)(H,29,30);1-6H,(H,17,18)(H,19,20)(H,21,22)(H,23,24). The van der Waals surface area contributed by atoms with Crippen LogP contribution in [0.1, 0.15) is 82.9 Å². The molecular weight excluding hydrogens is 808 g/mol. The van der Waals surface area contributed by atoms with Gasteiger partial charge in [-0.05, 0) is 60.7 Å². The van der Waals surface area contributed by atoms with E-state index in [1.54, 1.807) is 0 Å². The molecule has 0 aliphatic heterocycles. The van der Waals surface area contributed by atoms with Gasteiger partial charge in [-0.25, -0.2) is 46.8 Å². The molecular formula is C38H24O20S. The third kappa shape index (κ3) is 9.11. The Hall–Kier alpha value is -8.59. The van der Waals surface area contributed by atoms with Gasteiger partial charge in [-0.2, -0.15) is 0 Å². The third-order valence-corrected chi connectivity index (χ3v) is 9.59. The number of sulfone groups is 1. The monoisotopic (exact) mass is 832 g/mol. The fourth-order valence-corrected chi connectivity index (χ4v) is 7.00. The number of ether oxygens (including phenoxy) is 2. The number of aromatic carboxylic acids is 8.